The lowest BCUT2D eigenvalue weighted by Crippen LogP contribution is -2.01. The first-order valence-electron chi connectivity index (χ1n) is 4.99. The Morgan fingerprint density at radius 3 is 2.58 bits per heavy atom. The third-order valence-electron chi connectivity index (χ3n) is 2.17. The Balaban J connectivity index is 2.42. The van der Waals surface area contributed by atoms with Gasteiger partial charge in [-0.1, -0.05) is 15.9 Å². The van der Waals surface area contributed by atoms with Gasteiger partial charge >= 0.3 is 0 Å². The molecule has 0 unspecified atom stereocenters. The molecule has 100 valence electrons. The number of nitrogens with zero attached hydrogens (tertiary/aromatic N) is 2. The second-order valence-electron chi connectivity index (χ2n) is 3.40. The lowest BCUT2D eigenvalue weighted by atomic mass is 10.3. The van der Waals surface area contributed by atoms with Crippen LogP contribution in [0.1, 0.15) is 0 Å². The quantitative estimate of drug-likeness (QED) is 0.875. The van der Waals surface area contributed by atoms with Gasteiger partial charge < -0.3 is 15.2 Å². The molecule has 0 aliphatic rings. The number of nitrogens with two attached hydrogens (primary N) is 1. The first kappa shape index (κ1) is 13.5. The van der Waals surface area contributed by atoms with Crippen LogP contribution in [0, 0.1) is 11.6 Å². The van der Waals surface area contributed by atoms with Crippen molar-refractivity contribution in [3.63, 3.8) is 0 Å². The first-order valence-corrected chi connectivity index (χ1v) is 5.79. The van der Waals surface area contributed by atoms with Gasteiger partial charge in [0.25, 0.3) is 0 Å². The summed E-state index contributed by atoms with van der Waals surface area (Å²) in [4.78, 5) is 7.48. The standard InChI is InChI=1S/C11H8BrF2N3O2/c1-18-10-9(15)11(17-4-16-10)19-7-3-5(12)2-6(13)8(7)14/h2-4H,15H2,1H3. The summed E-state index contributed by atoms with van der Waals surface area (Å²) in [5.74, 6) is -2.58. The van der Waals surface area contributed by atoms with E-state index in [1.165, 1.54) is 13.2 Å². The zero-order valence-electron chi connectivity index (χ0n) is 9.65. The Labute approximate surface area is 115 Å². The fraction of sp³-hybridized carbons (Fsp3) is 0.0909. The van der Waals surface area contributed by atoms with E-state index in [9.17, 15) is 8.78 Å². The summed E-state index contributed by atoms with van der Waals surface area (Å²) in [7, 11) is 1.36. The van der Waals surface area contributed by atoms with Gasteiger partial charge in [0.2, 0.25) is 17.6 Å². The average molecular weight is 332 g/mol. The number of nitrogen functional groups attached to an aromatic ring is 1. The van der Waals surface area contributed by atoms with Gasteiger partial charge in [0.05, 0.1) is 7.11 Å². The SMILES string of the molecule is COc1ncnc(Oc2cc(Br)cc(F)c2F)c1N. The van der Waals surface area contributed by atoms with Gasteiger partial charge in [0, 0.05) is 4.47 Å². The smallest absolute Gasteiger partial charge is 0.249 e. The topological polar surface area (TPSA) is 70.3 Å². The molecule has 2 N–H and O–H groups in total. The van der Waals surface area contributed by atoms with Crippen LogP contribution < -0.4 is 15.2 Å². The van der Waals surface area contributed by atoms with Gasteiger partial charge in [-0.05, 0) is 12.1 Å². The van der Waals surface area contributed by atoms with E-state index >= 15 is 0 Å². The summed E-state index contributed by atoms with van der Waals surface area (Å²) in [6.45, 7) is 0. The maximum atomic E-state index is 13.5. The normalized spacial score (nSPS) is 10.3. The van der Waals surface area contributed by atoms with Crippen LogP contribution in [-0.4, -0.2) is 17.1 Å². The zero-order valence-corrected chi connectivity index (χ0v) is 11.2. The highest BCUT2D eigenvalue weighted by Gasteiger charge is 2.16. The number of aromatic nitrogens is 2. The van der Waals surface area contributed by atoms with Crippen molar-refractivity contribution in [2.75, 3.05) is 12.8 Å². The summed E-state index contributed by atoms with van der Waals surface area (Å²) in [5, 5.41) is 0. The number of ether oxygens (including phenoxy) is 2. The molecule has 19 heavy (non-hydrogen) atoms. The van der Waals surface area contributed by atoms with E-state index in [-0.39, 0.29) is 23.2 Å². The lowest BCUT2D eigenvalue weighted by Gasteiger charge is -2.10. The van der Waals surface area contributed by atoms with Crippen LogP contribution in [0.3, 0.4) is 0 Å². The highest BCUT2D eigenvalue weighted by atomic mass is 79.9. The summed E-state index contributed by atoms with van der Waals surface area (Å²) >= 11 is 3.03. The predicted molar refractivity (Wildman–Crippen MR) is 67.1 cm³/mol. The van der Waals surface area contributed by atoms with E-state index in [0.717, 1.165) is 12.4 Å². The number of rotatable bonds is 3. The van der Waals surface area contributed by atoms with Crippen molar-refractivity contribution in [1.29, 1.82) is 0 Å². The predicted octanol–water partition coefficient (Wildman–Crippen LogP) is 2.90. The number of hydrogen-bond donors (Lipinski definition) is 1. The minimum absolute atomic E-state index is 0.00946. The second kappa shape index (κ2) is 5.35. The molecule has 1 aromatic heterocycles. The van der Waals surface area contributed by atoms with Crippen LogP contribution in [0.4, 0.5) is 14.5 Å². The molecule has 0 radical (unpaired) electrons. The monoisotopic (exact) mass is 331 g/mol. The molecule has 0 atom stereocenters. The van der Waals surface area contributed by atoms with Gasteiger partial charge in [-0.25, -0.2) is 4.39 Å². The van der Waals surface area contributed by atoms with Crippen LogP contribution in [0.25, 0.3) is 0 Å². The first-order chi connectivity index (χ1) is 9.02. The third kappa shape index (κ3) is 2.73. The van der Waals surface area contributed by atoms with E-state index in [0.29, 0.717) is 4.47 Å². The Hall–Kier alpha value is -1.96. The van der Waals surface area contributed by atoms with Crippen molar-refractivity contribution in [2.24, 2.45) is 0 Å². The zero-order chi connectivity index (χ0) is 14.0. The molecule has 8 heteroatoms. The molecule has 0 saturated carbocycles. The molecule has 0 aliphatic carbocycles. The maximum absolute atomic E-state index is 13.5. The molecule has 0 spiro atoms. The molecule has 0 bridgehead atoms. The molecule has 1 heterocycles. The Kier molecular flexibility index (Phi) is 3.79. The summed E-state index contributed by atoms with van der Waals surface area (Å²) in [6, 6.07) is 2.23. The largest absolute Gasteiger partial charge is 0.479 e. The molecular formula is C11H8BrF2N3O2. The lowest BCUT2D eigenvalue weighted by molar-refractivity contribution is 0.383. The molecule has 0 aliphatic heterocycles. The number of methoxy groups -OCH3 is 1. The Bertz CT molecular complexity index is 625. The van der Waals surface area contributed by atoms with Gasteiger partial charge in [0.15, 0.2) is 17.3 Å². The number of hydrogen-bond acceptors (Lipinski definition) is 5. The summed E-state index contributed by atoms with van der Waals surface area (Å²) in [5.41, 5.74) is 5.66. The third-order valence-corrected chi connectivity index (χ3v) is 2.63. The number of halogens is 3. The van der Waals surface area contributed by atoms with Crippen molar-refractivity contribution >= 4 is 21.6 Å². The molecule has 0 saturated heterocycles. The second-order valence-corrected chi connectivity index (χ2v) is 4.32. The maximum Gasteiger partial charge on any atom is 0.249 e. The van der Waals surface area contributed by atoms with Crippen LogP contribution in [0.2, 0.25) is 0 Å². The molecule has 1 aromatic carbocycles. The van der Waals surface area contributed by atoms with Gasteiger partial charge in [-0.3, -0.25) is 0 Å². The van der Waals surface area contributed by atoms with E-state index in [2.05, 4.69) is 25.9 Å². The van der Waals surface area contributed by atoms with Crippen LogP contribution >= 0.6 is 15.9 Å². The molecule has 0 amide bonds. The molecule has 2 rings (SSSR count). The number of benzene rings is 1. The fourth-order valence-corrected chi connectivity index (χ4v) is 1.73. The Morgan fingerprint density at radius 2 is 1.89 bits per heavy atom. The van der Waals surface area contributed by atoms with Crippen molar-refractivity contribution in [2.45, 2.75) is 0 Å². The minimum Gasteiger partial charge on any atom is -0.479 e. The van der Waals surface area contributed by atoms with Crippen molar-refractivity contribution in [1.82, 2.24) is 9.97 Å². The van der Waals surface area contributed by atoms with Crippen molar-refractivity contribution in [3.8, 4) is 17.5 Å². The Morgan fingerprint density at radius 1 is 1.21 bits per heavy atom. The van der Waals surface area contributed by atoms with E-state index in [4.69, 9.17) is 15.2 Å². The fourth-order valence-electron chi connectivity index (χ4n) is 1.32. The molecule has 0 fully saturated rings. The van der Waals surface area contributed by atoms with E-state index in [1.54, 1.807) is 0 Å². The average Bonchev–Trinajstić information content (AvgIpc) is 2.37. The van der Waals surface area contributed by atoms with Crippen LogP contribution in [-0.2, 0) is 0 Å². The van der Waals surface area contributed by atoms with Crippen molar-refractivity contribution in [3.05, 3.63) is 34.6 Å². The van der Waals surface area contributed by atoms with Crippen LogP contribution in [0.5, 0.6) is 17.5 Å². The number of anilines is 1. The summed E-state index contributed by atoms with van der Waals surface area (Å²) in [6.07, 6.45) is 1.14. The van der Waals surface area contributed by atoms with Gasteiger partial charge in [-0.15, -0.1) is 0 Å². The molecular weight excluding hydrogens is 324 g/mol. The van der Waals surface area contributed by atoms with Crippen molar-refractivity contribution < 1.29 is 18.3 Å². The van der Waals surface area contributed by atoms with E-state index in [1.807, 2.05) is 0 Å². The minimum atomic E-state index is -1.14. The molecule has 2 aromatic rings. The molecule has 5 nitrogen and oxygen atoms in total. The summed E-state index contributed by atoms with van der Waals surface area (Å²) < 4.78 is 37.1. The van der Waals surface area contributed by atoms with Crippen LogP contribution in [0.15, 0.2) is 22.9 Å². The highest BCUT2D eigenvalue weighted by molar-refractivity contribution is 9.10. The van der Waals surface area contributed by atoms with Gasteiger partial charge in [-0.2, -0.15) is 14.4 Å². The van der Waals surface area contributed by atoms with E-state index < -0.39 is 11.6 Å². The van der Waals surface area contributed by atoms with Gasteiger partial charge in [0.1, 0.15) is 6.33 Å². The highest BCUT2D eigenvalue weighted by Crippen LogP contribution is 2.33.